The van der Waals surface area contributed by atoms with Crippen molar-refractivity contribution in [2.75, 3.05) is 0 Å². The van der Waals surface area contributed by atoms with Crippen LogP contribution in [0.15, 0.2) is 30.6 Å². The van der Waals surface area contributed by atoms with Crippen LogP contribution in [0.2, 0.25) is 0 Å². The largest absolute Gasteiger partial charge is 0.317 e. The molecule has 1 aromatic rings. The van der Waals surface area contributed by atoms with Gasteiger partial charge in [0.05, 0.1) is 0 Å². The van der Waals surface area contributed by atoms with Crippen LogP contribution in [0.3, 0.4) is 0 Å². The SMILES string of the molecule is C=N.CCC.c1ccncc1. The molecule has 1 rings (SSSR count). The van der Waals surface area contributed by atoms with Gasteiger partial charge in [-0.25, -0.2) is 0 Å². The monoisotopic (exact) mass is 152 g/mol. The molecule has 0 saturated carbocycles. The molecule has 0 unspecified atom stereocenters. The lowest BCUT2D eigenvalue weighted by molar-refractivity contribution is 1.09. The number of hydrogen-bond acceptors (Lipinski definition) is 2. The molecule has 0 radical (unpaired) electrons. The molecule has 11 heavy (non-hydrogen) atoms. The van der Waals surface area contributed by atoms with Crippen molar-refractivity contribution in [2.45, 2.75) is 20.3 Å². The van der Waals surface area contributed by atoms with E-state index in [1.54, 1.807) is 12.4 Å². The highest BCUT2D eigenvalue weighted by Crippen LogP contribution is 1.73. The molecule has 1 aromatic heterocycles. The van der Waals surface area contributed by atoms with Crippen LogP contribution < -0.4 is 0 Å². The van der Waals surface area contributed by atoms with Crippen molar-refractivity contribution >= 4 is 6.72 Å². The lowest BCUT2D eigenvalue weighted by Crippen LogP contribution is -1.58. The normalized spacial score (nSPS) is 6.36. The van der Waals surface area contributed by atoms with Gasteiger partial charge in [0.1, 0.15) is 0 Å². The molecule has 0 aliphatic rings. The standard InChI is InChI=1S/C5H5N.C3H8.CH3N/c1-2-4-6-5-3-1;1-3-2;1-2/h1-5H;3H2,1-2H3;2H,1H2. The van der Waals surface area contributed by atoms with Gasteiger partial charge in [-0.15, -0.1) is 0 Å². The number of nitrogens with one attached hydrogen (secondary N) is 1. The van der Waals surface area contributed by atoms with E-state index >= 15 is 0 Å². The zero-order valence-electron chi connectivity index (χ0n) is 7.25. The van der Waals surface area contributed by atoms with Crippen LogP contribution in [-0.4, -0.2) is 11.7 Å². The van der Waals surface area contributed by atoms with Gasteiger partial charge in [-0.05, 0) is 18.9 Å². The Bertz CT molecular complexity index is 102. The van der Waals surface area contributed by atoms with Crippen LogP contribution in [0, 0.1) is 5.41 Å². The molecular formula is C9H16N2. The molecule has 0 aliphatic carbocycles. The Hall–Kier alpha value is -1.18. The van der Waals surface area contributed by atoms with E-state index in [2.05, 4.69) is 25.5 Å². The van der Waals surface area contributed by atoms with Crippen LogP contribution in [0.25, 0.3) is 0 Å². The molecule has 0 amide bonds. The third kappa shape index (κ3) is 17.7. The fourth-order valence-corrected chi connectivity index (χ4v) is 0.313. The van der Waals surface area contributed by atoms with Gasteiger partial charge in [0.15, 0.2) is 0 Å². The molecule has 0 atom stereocenters. The van der Waals surface area contributed by atoms with E-state index in [1.165, 1.54) is 6.42 Å². The lowest BCUT2D eigenvalue weighted by Gasteiger charge is -1.70. The number of hydrogen-bond donors (Lipinski definition) is 1. The fourth-order valence-electron chi connectivity index (χ4n) is 0.313. The minimum Gasteiger partial charge on any atom is -0.317 e. The fraction of sp³-hybridized carbons (Fsp3) is 0.333. The van der Waals surface area contributed by atoms with Crippen LogP contribution in [0.5, 0.6) is 0 Å². The van der Waals surface area contributed by atoms with Gasteiger partial charge in [-0.1, -0.05) is 26.3 Å². The van der Waals surface area contributed by atoms with Gasteiger partial charge in [0, 0.05) is 12.4 Å². The van der Waals surface area contributed by atoms with Crippen molar-refractivity contribution in [3.63, 3.8) is 0 Å². The van der Waals surface area contributed by atoms with Crippen LogP contribution in [0.4, 0.5) is 0 Å². The van der Waals surface area contributed by atoms with Crippen molar-refractivity contribution in [1.82, 2.24) is 4.98 Å². The first-order valence-corrected chi connectivity index (χ1v) is 3.62. The number of pyridine rings is 1. The zero-order chi connectivity index (χ0) is 8.95. The first-order chi connectivity index (χ1) is 5.41. The van der Waals surface area contributed by atoms with Crippen molar-refractivity contribution in [3.05, 3.63) is 30.6 Å². The smallest absolute Gasteiger partial charge is 0.0267 e. The summed E-state index contributed by atoms with van der Waals surface area (Å²) in [6.07, 6.45) is 4.75. The summed E-state index contributed by atoms with van der Waals surface area (Å²) < 4.78 is 0. The summed E-state index contributed by atoms with van der Waals surface area (Å²) in [5, 5.41) is 5.50. The predicted molar refractivity (Wildman–Crippen MR) is 50.0 cm³/mol. The maximum absolute atomic E-state index is 5.50. The minimum atomic E-state index is 1.25. The lowest BCUT2D eigenvalue weighted by atomic mass is 10.5. The van der Waals surface area contributed by atoms with Crippen molar-refractivity contribution in [1.29, 1.82) is 5.41 Å². The molecule has 0 fully saturated rings. The third-order valence-electron chi connectivity index (χ3n) is 0.566. The second-order valence-electron chi connectivity index (χ2n) is 1.73. The van der Waals surface area contributed by atoms with E-state index in [4.69, 9.17) is 5.41 Å². The first-order valence-electron chi connectivity index (χ1n) is 3.62. The summed E-state index contributed by atoms with van der Waals surface area (Å²) in [6.45, 7) is 6.75. The Labute approximate surface area is 68.8 Å². The molecule has 0 aromatic carbocycles. The molecule has 2 heteroatoms. The van der Waals surface area contributed by atoms with Gasteiger partial charge in [0.25, 0.3) is 0 Å². The van der Waals surface area contributed by atoms with Crippen molar-refractivity contribution in [2.24, 2.45) is 0 Å². The molecule has 0 aliphatic heterocycles. The summed E-state index contributed by atoms with van der Waals surface area (Å²) in [4.78, 5) is 3.78. The number of aromatic nitrogens is 1. The minimum absolute atomic E-state index is 1.25. The Morgan fingerprint density at radius 3 is 1.55 bits per heavy atom. The number of rotatable bonds is 0. The van der Waals surface area contributed by atoms with E-state index in [0.29, 0.717) is 0 Å². The second-order valence-corrected chi connectivity index (χ2v) is 1.73. The van der Waals surface area contributed by atoms with Gasteiger partial charge in [0.2, 0.25) is 0 Å². The van der Waals surface area contributed by atoms with Gasteiger partial charge >= 0.3 is 0 Å². The summed E-state index contributed by atoms with van der Waals surface area (Å²) in [7, 11) is 0. The average molecular weight is 152 g/mol. The molecule has 1 N–H and O–H groups in total. The molecule has 2 nitrogen and oxygen atoms in total. The summed E-state index contributed by atoms with van der Waals surface area (Å²) >= 11 is 0. The summed E-state index contributed by atoms with van der Waals surface area (Å²) in [5.74, 6) is 0. The zero-order valence-corrected chi connectivity index (χ0v) is 7.25. The highest BCUT2D eigenvalue weighted by Gasteiger charge is 1.58. The van der Waals surface area contributed by atoms with Crippen molar-refractivity contribution in [3.8, 4) is 0 Å². The van der Waals surface area contributed by atoms with Gasteiger partial charge < -0.3 is 5.41 Å². The number of nitrogens with zero attached hydrogens (tertiary/aromatic N) is 1. The molecule has 0 bridgehead atoms. The maximum Gasteiger partial charge on any atom is 0.0267 e. The van der Waals surface area contributed by atoms with E-state index in [1.807, 2.05) is 18.2 Å². The quantitative estimate of drug-likeness (QED) is 0.570. The van der Waals surface area contributed by atoms with E-state index in [9.17, 15) is 0 Å². The second kappa shape index (κ2) is 15.9. The van der Waals surface area contributed by atoms with E-state index < -0.39 is 0 Å². The topological polar surface area (TPSA) is 36.7 Å². The summed E-state index contributed by atoms with van der Waals surface area (Å²) in [6, 6.07) is 5.72. The van der Waals surface area contributed by atoms with Crippen molar-refractivity contribution < 1.29 is 0 Å². The van der Waals surface area contributed by atoms with Crippen LogP contribution >= 0.6 is 0 Å². The Balaban J connectivity index is 0. The van der Waals surface area contributed by atoms with Gasteiger partial charge in [-0.3, -0.25) is 4.98 Å². The highest BCUT2D eigenvalue weighted by molar-refractivity contribution is 5.15. The van der Waals surface area contributed by atoms with Gasteiger partial charge in [-0.2, -0.15) is 0 Å². The average Bonchev–Trinajstić information content (AvgIpc) is 2.12. The molecule has 62 valence electrons. The van der Waals surface area contributed by atoms with Crippen LogP contribution in [-0.2, 0) is 0 Å². The van der Waals surface area contributed by atoms with Crippen LogP contribution in [0.1, 0.15) is 20.3 Å². The molecule has 1 heterocycles. The van der Waals surface area contributed by atoms with E-state index in [-0.39, 0.29) is 0 Å². The Morgan fingerprint density at radius 1 is 1.09 bits per heavy atom. The molecular weight excluding hydrogens is 136 g/mol. The Kier molecular flexibility index (Phi) is 18.1. The molecule has 0 saturated heterocycles. The summed E-state index contributed by atoms with van der Waals surface area (Å²) in [5.41, 5.74) is 0. The maximum atomic E-state index is 5.50. The first kappa shape index (κ1) is 12.5. The molecule has 0 spiro atoms. The highest BCUT2D eigenvalue weighted by atomic mass is 14.6. The Morgan fingerprint density at radius 2 is 1.45 bits per heavy atom. The van der Waals surface area contributed by atoms with E-state index in [0.717, 1.165) is 0 Å². The third-order valence-corrected chi connectivity index (χ3v) is 0.566. The predicted octanol–water partition coefficient (Wildman–Crippen LogP) is 2.76.